The first-order valence-corrected chi connectivity index (χ1v) is 9.55. The fourth-order valence-electron chi connectivity index (χ4n) is 3.41. The SMILES string of the molecule is CC1CCC(C(C)C)C(OC(=O)COC(=O)c2cc(Cl)cc(Cl)c2N)C1. The van der Waals surface area contributed by atoms with E-state index in [2.05, 4.69) is 20.8 Å². The Hall–Kier alpha value is -1.46. The van der Waals surface area contributed by atoms with Crippen LogP contribution in [0.5, 0.6) is 0 Å². The molecule has 1 aliphatic rings. The molecule has 1 aliphatic carbocycles. The lowest BCUT2D eigenvalue weighted by molar-refractivity contribution is -0.159. The van der Waals surface area contributed by atoms with Crippen molar-refractivity contribution in [1.82, 2.24) is 0 Å². The van der Waals surface area contributed by atoms with Crippen LogP contribution in [-0.4, -0.2) is 24.6 Å². The summed E-state index contributed by atoms with van der Waals surface area (Å²) >= 11 is 11.8. The Morgan fingerprint density at radius 1 is 1.27 bits per heavy atom. The van der Waals surface area contributed by atoms with Crippen LogP contribution in [0.25, 0.3) is 0 Å². The number of rotatable bonds is 5. The molecular weight excluding hydrogens is 377 g/mol. The van der Waals surface area contributed by atoms with Crippen molar-refractivity contribution < 1.29 is 19.1 Å². The second-order valence-corrected chi connectivity index (χ2v) is 8.12. The zero-order valence-corrected chi connectivity index (χ0v) is 16.8. The fourth-order valence-corrected chi connectivity index (χ4v) is 3.90. The topological polar surface area (TPSA) is 78.6 Å². The summed E-state index contributed by atoms with van der Waals surface area (Å²) in [5, 5.41) is 0.415. The predicted octanol–water partition coefficient (Wildman–Crippen LogP) is 4.74. The fraction of sp³-hybridized carbons (Fsp3) is 0.579. The predicted molar refractivity (Wildman–Crippen MR) is 102 cm³/mol. The number of esters is 2. The summed E-state index contributed by atoms with van der Waals surface area (Å²) in [6.07, 6.45) is 2.87. The number of benzene rings is 1. The van der Waals surface area contributed by atoms with Crippen LogP contribution in [-0.2, 0) is 14.3 Å². The molecule has 5 nitrogen and oxygen atoms in total. The summed E-state index contributed by atoms with van der Waals surface area (Å²) in [5.74, 6) is -0.0562. The van der Waals surface area contributed by atoms with Gasteiger partial charge in [0.25, 0.3) is 0 Å². The largest absolute Gasteiger partial charge is 0.460 e. The number of ether oxygens (including phenoxy) is 2. The molecule has 1 aromatic rings. The van der Waals surface area contributed by atoms with Gasteiger partial charge in [-0.15, -0.1) is 0 Å². The van der Waals surface area contributed by atoms with Crippen molar-refractivity contribution in [1.29, 1.82) is 0 Å². The van der Waals surface area contributed by atoms with Crippen molar-refractivity contribution in [3.05, 3.63) is 27.7 Å². The molecule has 0 aromatic heterocycles. The number of nitrogens with two attached hydrogens (primary N) is 1. The summed E-state index contributed by atoms with van der Waals surface area (Å²) < 4.78 is 10.6. The van der Waals surface area contributed by atoms with E-state index in [0.29, 0.717) is 17.8 Å². The van der Waals surface area contributed by atoms with Crippen molar-refractivity contribution in [3.63, 3.8) is 0 Å². The Morgan fingerprint density at radius 2 is 1.96 bits per heavy atom. The lowest BCUT2D eigenvalue weighted by Gasteiger charge is -2.36. The molecule has 0 saturated heterocycles. The highest BCUT2D eigenvalue weighted by Gasteiger charge is 2.33. The molecule has 144 valence electrons. The molecule has 0 heterocycles. The van der Waals surface area contributed by atoms with E-state index in [1.807, 2.05) is 0 Å². The molecule has 1 aromatic carbocycles. The van der Waals surface area contributed by atoms with E-state index in [4.69, 9.17) is 38.4 Å². The zero-order chi connectivity index (χ0) is 19.4. The van der Waals surface area contributed by atoms with E-state index in [1.54, 1.807) is 0 Å². The number of nitrogen functional groups attached to an aromatic ring is 1. The maximum absolute atomic E-state index is 12.2. The highest BCUT2D eigenvalue weighted by Crippen LogP contribution is 2.35. The van der Waals surface area contributed by atoms with Gasteiger partial charge in [0, 0.05) is 5.02 Å². The minimum atomic E-state index is -0.763. The first-order valence-electron chi connectivity index (χ1n) is 8.80. The van der Waals surface area contributed by atoms with Gasteiger partial charge in [-0.25, -0.2) is 9.59 Å². The first kappa shape index (κ1) is 20.8. The highest BCUT2D eigenvalue weighted by atomic mass is 35.5. The van der Waals surface area contributed by atoms with Crippen molar-refractivity contribution in [3.8, 4) is 0 Å². The van der Waals surface area contributed by atoms with Crippen LogP contribution >= 0.6 is 23.2 Å². The van der Waals surface area contributed by atoms with Crippen molar-refractivity contribution in [2.45, 2.75) is 46.1 Å². The molecule has 2 rings (SSSR count). The summed E-state index contributed by atoms with van der Waals surface area (Å²) in [5.41, 5.74) is 5.86. The van der Waals surface area contributed by atoms with Crippen molar-refractivity contribution >= 4 is 40.8 Å². The standard InChI is InChI=1S/C19H25Cl2NO4/c1-10(2)13-5-4-11(3)6-16(13)26-17(23)9-25-19(24)14-7-12(20)8-15(21)18(14)22/h7-8,10-11,13,16H,4-6,9,22H2,1-3H3. The van der Waals surface area contributed by atoms with E-state index in [0.717, 1.165) is 19.3 Å². The van der Waals surface area contributed by atoms with Crippen LogP contribution in [0.1, 0.15) is 50.4 Å². The van der Waals surface area contributed by atoms with E-state index in [1.165, 1.54) is 12.1 Å². The van der Waals surface area contributed by atoms with E-state index in [-0.39, 0.29) is 27.4 Å². The number of anilines is 1. The smallest absolute Gasteiger partial charge is 0.344 e. The average molecular weight is 402 g/mol. The van der Waals surface area contributed by atoms with Gasteiger partial charge in [0.05, 0.1) is 16.3 Å². The molecule has 0 radical (unpaired) electrons. The third-order valence-corrected chi connectivity index (χ3v) is 5.41. The van der Waals surface area contributed by atoms with Gasteiger partial charge in [-0.3, -0.25) is 0 Å². The maximum atomic E-state index is 12.2. The van der Waals surface area contributed by atoms with Gasteiger partial charge in [-0.2, -0.15) is 0 Å². The summed E-state index contributed by atoms with van der Waals surface area (Å²) in [6.45, 7) is 5.95. The quantitative estimate of drug-likeness (QED) is 0.569. The van der Waals surface area contributed by atoms with Crippen LogP contribution < -0.4 is 5.73 Å². The highest BCUT2D eigenvalue weighted by molar-refractivity contribution is 6.37. The van der Waals surface area contributed by atoms with Gasteiger partial charge in [0.1, 0.15) is 6.10 Å². The Balaban J connectivity index is 1.95. The van der Waals surface area contributed by atoms with Gasteiger partial charge in [0.2, 0.25) is 0 Å². The second kappa shape index (κ2) is 8.96. The van der Waals surface area contributed by atoms with Gasteiger partial charge in [0.15, 0.2) is 6.61 Å². The van der Waals surface area contributed by atoms with Crippen LogP contribution in [0.15, 0.2) is 12.1 Å². The molecule has 2 N–H and O–H groups in total. The molecule has 3 atom stereocenters. The second-order valence-electron chi connectivity index (χ2n) is 7.28. The summed E-state index contributed by atoms with van der Waals surface area (Å²) in [4.78, 5) is 24.3. The maximum Gasteiger partial charge on any atom is 0.344 e. The minimum Gasteiger partial charge on any atom is -0.460 e. The number of carbonyl (C=O) groups excluding carboxylic acids is 2. The lowest BCUT2D eigenvalue weighted by Crippen LogP contribution is -2.36. The van der Waals surface area contributed by atoms with E-state index < -0.39 is 18.5 Å². The lowest BCUT2D eigenvalue weighted by atomic mass is 9.75. The van der Waals surface area contributed by atoms with Gasteiger partial charge < -0.3 is 15.2 Å². The van der Waals surface area contributed by atoms with Crippen LogP contribution in [0, 0.1) is 17.8 Å². The van der Waals surface area contributed by atoms with E-state index >= 15 is 0 Å². The van der Waals surface area contributed by atoms with Crippen LogP contribution in [0.2, 0.25) is 10.0 Å². The van der Waals surface area contributed by atoms with Crippen LogP contribution in [0.4, 0.5) is 5.69 Å². The van der Waals surface area contributed by atoms with Gasteiger partial charge in [-0.05, 0) is 42.7 Å². The van der Waals surface area contributed by atoms with Gasteiger partial charge >= 0.3 is 11.9 Å². The number of halogens is 2. The molecule has 26 heavy (non-hydrogen) atoms. The molecule has 0 amide bonds. The molecule has 0 spiro atoms. The Labute approximate surface area is 164 Å². The molecule has 1 saturated carbocycles. The zero-order valence-electron chi connectivity index (χ0n) is 15.3. The molecule has 1 fully saturated rings. The van der Waals surface area contributed by atoms with Crippen molar-refractivity contribution in [2.24, 2.45) is 17.8 Å². The Bertz CT molecular complexity index is 678. The monoisotopic (exact) mass is 401 g/mol. The number of carbonyl (C=O) groups is 2. The molecule has 0 bridgehead atoms. The van der Waals surface area contributed by atoms with Gasteiger partial charge in [-0.1, -0.05) is 50.4 Å². The summed E-state index contributed by atoms with van der Waals surface area (Å²) in [6, 6.07) is 2.79. The number of hydrogen-bond acceptors (Lipinski definition) is 5. The summed E-state index contributed by atoms with van der Waals surface area (Å²) in [7, 11) is 0. The Morgan fingerprint density at radius 3 is 2.62 bits per heavy atom. The normalized spacial score (nSPS) is 22.9. The van der Waals surface area contributed by atoms with Crippen LogP contribution in [0.3, 0.4) is 0 Å². The third-order valence-electron chi connectivity index (χ3n) is 4.88. The average Bonchev–Trinajstić information content (AvgIpc) is 2.55. The first-order chi connectivity index (χ1) is 12.2. The molecular formula is C19H25Cl2NO4. The molecule has 7 heteroatoms. The third kappa shape index (κ3) is 5.27. The van der Waals surface area contributed by atoms with Crippen molar-refractivity contribution in [2.75, 3.05) is 12.3 Å². The Kier molecular flexibility index (Phi) is 7.18. The molecule has 0 aliphatic heterocycles. The number of hydrogen-bond donors (Lipinski definition) is 1. The molecule has 3 unspecified atom stereocenters. The minimum absolute atomic E-state index is 0.0293. The van der Waals surface area contributed by atoms with E-state index in [9.17, 15) is 9.59 Å².